The smallest absolute Gasteiger partial charge is 0.320 e. The molecule has 0 heterocycles. The molecular weight excluding hydrogens is 178 g/mol. The zero-order chi connectivity index (χ0) is 9.56. The Morgan fingerprint density at radius 2 is 2.33 bits per heavy atom. The van der Waals surface area contributed by atoms with Gasteiger partial charge in [0.25, 0.3) is 0 Å². The van der Waals surface area contributed by atoms with Crippen molar-refractivity contribution in [3.8, 4) is 0 Å². The summed E-state index contributed by atoms with van der Waals surface area (Å²) in [6, 6.07) is -0.509. The lowest BCUT2D eigenvalue weighted by molar-refractivity contribution is -0.139. The Balaban J connectivity index is 3.79. The number of carboxylic acid groups (broad SMARTS) is 1. The summed E-state index contributed by atoms with van der Waals surface area (Å²) in [5.41, 5.74) is 0. The fraction of sp³-hybridized carbons (Fsp3) is 0.625. The van der Waals surface area contributed by atoms with Crippen molar-refractivity contribution in [2.24, 2.45) is 0 Å². The molecule has 0 rings (SSSR count). The molecule has 2 N–H and O–H groups in total. The van der Waals surface area contributed by atoms with Crippen LogP contribution in [0, 0.1) is 0 Å². The van der Waals surface area contributed by atoms with Gasteiger partial charge in [-0.3, -0.25) is 10.1 Å². The SMILES string of the molecule is C=C(Cl)CNC(CCC)C(=O)O. The number of aliphatic carboxylic acids is 1. The molecule has 1 unspecified atom stereocenters. The summed E-state index contributed by atoms with van der Waals surface area (Å²) in [4.78, 5) is 10.6. The maximum Gasteiger partial charge on any atom is 0.320 e. The van der Waals surface area contributed by atoms with E-state index in [0.29, 0.717) is 18.0 Å². The summed E-state index contributed by atoms with van der Waals surface area (Å²) < 4.78 is 0. The average Bonchev–Trinajstić information content (AvgIpc) is 1.96. The summed E-state index contributed by atoms with van der Waals surface area (Å²) in [5, 5.41) is 11.9. The fourth-order valence-corrected chi connectivity index (χ4v) is 0.913. The third-order valence-electron chi connectivity index (χ3n) is 1.42. The van der Waals surface area contributed by atoms with Gasteiger partial charge in [0.2, 0.25) is 0 Å². The normalized spacial score (nSPS) is 12.5. The standard InChI is InChI=1S/C8H14ClNO2/c1-3-4-7(8(11)12)10-5-6(2)9/h7,10H,2-5H2,1H3,(H,11,12). The Morgan fingerprint density at radius 3 is 2.67 bits per heavy atom. The van der Waals surface area contributed by atoms with E-state index in [1.807, 2.05) is 6.92 Å². The van der Waals surface area contributed by atoms with Crippen LogP contribution >= 0.6 is 11.6 Å². The number of hydrogen-bond donors (Lipinski definition) is 2. The van der Waals surface area contributed by atoms with Crippen molar-refractivity contribution in [1.82, 2.24) is 5.32 Å². The minimum absolute atomic E-state index is 0.346. The number of rotatable bonds is 6. The van der Waals surface area contributed by atoms with E-state index in [0.717, 1.165) is 6.42 Å². The molecule has 4 heteroatoms. The number of halogens is 1. The maximum atomic E-state index is 10.6. The molecule has 0 aliphatic heterocycles. The Morgan fingerprint density at radius 1 is 1.75 bits per heavy atom. The van der Waals surface area contributed by atoms with Crippen molar-refractivity contribution in [3.05, 3.63) is 11.6 Å². The Labute approximate surface area is 77.4 Å². The molecule has 0 amide bonds. The number of carboxylic acids is 1. The van der Waals surface area contributed by atoms with Crippen LogP contribution in [-0.4, -0.2) is 23.7 Å². The zero-order valence-electron chi connectivity index (χ0n) is 7.14. The molecule has 0 spiro atoms. The monoisotopic (exact) mass is 191 g/mol. The van der Waals surface area contributed by atoms with Gasteiger partial charge in [0.1, 0.15) is 6.04 Å². The van der Waals surface area contributed by atoms with Crippen LogP contribution in [-0.2, 0) is 4.79 Å². The summed E-state index contributed by atoms with van der Waals surface area (Å²) >= 11 is 5.48. The van der Waals surface area contributed by atoms with Crippen LogP contribution in [0.3, 0.4) is 0 Å². The lowest BCUT2D eigenvalue weighted by Gasteiger charge is -2.12. The lowest BCUT2D eigenvalue weighted by atomic mass is 10.2. The highest BCUT2D eigenvalue weighted by molar-refractivity contribution is 6.29. The summed E-state index contributed by atoms with van der Waals surface area (Å²) in [7, 11) is 0. The van der Waals surface area contributed by atoms with Crippen molar-refractivity contribution in [2.75, 3.05) is 6.54 Å². The van der Waals surface area contributed by atoms with Gasteiger partial charge in [-0.15, -0.1) is 0 Å². The predicted octanol–water partition coefficient (Wildman–Crippen LogP) is 1.58. The molecule has 0 radical (unpaired) electrons. The van der Waals surface area contributed by atoms with Crippen LogP contribution in [0.2, 0.25) is 0 Å². The second kappa shape index (κ2) is 6.03. The number of hydrogen-bond acceptors (Lipinski definition) is 2. The molecule has 0 aromatic heterocycles. The Kier molecular flexibility index (Phi) is 5.76. The molecule has 70 valence electrons. The first-order chi connectivity index (χ1) is 5.57. The van der Waals surface area contributed by atoms with Crippen molar-refractivity contribution in [1.29, 1.82) is 0 Å². The van der Waals surface area contributed by atoms with E-state index in [4.69, 9.17) is 16.7 Å². The van der Waals surface area contributed by atoms with Gasteiger partial charge in [0.15, 0.2) is 0 Å². The maximum absolute atomic E-state index is 10.6. The van der Waals surface area contributed by atoms with E-state index in [-0.39, 0.29) is 0 Å². The van der Waals surface area contributed by atoms with Gasteiger partial charge < -0.3 is 5.11 Å². The molecular formula is C8H14ClNO2. The molecule has 1 atom stereocenters. The minimum Gasteiger partial charge on any atom is -0.480 e. The van der Waals surface area contributed by atoms with Crippen LogP contribution in [0.15, 0.2) is 11.6 Å². The molecule has 0 saturated heterocycles. The van der Waals surface area contributed by atoms with Gasteiger partial charge in [0.05, 0.1) is 0 Å². The highest BCUT2D eigenvalue weighted by Crippen LogP contribution is 1.99. The van der Waals surface area contributed by atoms with Crippen LogP contribution in [0.4, 0.5) is 0 Å². The third kappa shape index (κ3) is 5.16. The molecule has 12 heavy (non-hydrogen) atoms. The van der Waals surface area contributed by atoms with Gasteiger partial charge in [-0.25, -0.2) is 0 Å². The van der Waals surface area contributed by atoms with E-state index in [2.05, 4.69) is 11.9 Å². The van der Waals surface area contributed by atoms with E-state index in [9.17, 15) is 4.79 Å². The molecule has 0 aliphatic rings. The molecule has 0 aliphatic carbocycles. The van der Waals surface area contributed by atoms with Gasteiger partial charge in [-0.2, -0.15) is 0 Å². The predicted molar refractivity (Wildman–Crippen MR) is 49.3 cm³/mol. The quantitative estimate of drug-likeness (QED) is 0.670. The first kappa shape index (κ1) is 11.5. The van der Waals surface area contributed by atoms with E-state index in [1.54, 1.807) is 0 Å². The molecule has 0 bridgehead atoms. The molecule has 0 fully saturated rings. The lowest BCUT2D eigenvalue weighted by Crippen LogP contribution is -2.37. The van der Waals surface area contributed by atoms with Crippen LogP contribution in [0.5, 0.6) is 0 Å². The molecule has 0 aromatic carbocycles. The fourth-order valence-electron chi connectivity index (χ4n) is 0.835. The van der Waals surface area contributed by atoms with Gasteiger partial charge >= 0.3 is 5.97 Å². The van der Waals surface area contributed by atoms with E-state index >= 15 is 0 Å². The van der Waals surface area contributed by atoms with Crippen molar-refractivity contribution in [3.63, 3.8) is 0 Å². The van der Waals surface area contributed by atoms with Crippen LogP contribution in [0.1, 0.15) is 19.8 Å². The summed E-state index contributed by atoms with van der Waals surface area (Å²) in [6.07, 6.45) is 1.44. The van der Waals surface area contributed by atoms with Gasteiger partial charge in [-0.1, -0.05) is 31.5 Å². The van der Waals surface area contributed by atoms with Gasteiger partial charge in [-0.05, 0) is 6.42 Å². The van der Waals surface area contributed by atoms with E-state index in [1.165, 1.54) is 0 Å². The third-order valence-corrected chi connectivity index (χ3v) is 1.55. The zero-order valence-corrected chi connectivity index (χ0v) is 7.90. The average molecular weight is 192 g/mol. The highest BCUT2D eigenvalue weighted by atomic mass is 35.5. The van der Waals surface area contributed by atoms with Crippen LogP contribution < -0.4 is 5.32 Å². The first-order valence-corrected chi connectivity index (χ1v) is 4.25. The Bertz CT molecular complexity index is 170. The number of carbonyl (C=O) groups is 1. The van der Waals surface area contributed by atoms with Crippen LogP contribution in [0.25, 0.3) is 0 Å². The number of nitrogens with one attached hydrogen (secondary N) is 1. The van der Waals surface area contributed by atoms with Crippen molar-refractivity contribution < 1.29 is 9.90 Å². The molecule has 0 saturated carbocycles. The summed E-state index contributed by atoms with van der Waals surface area (Å²) in [6.45, 7) is 5.74. The highest BCUT2D eigenvalue weighted by Gasteiger charge is 2.14. The molecule has 0 aromatic rings. The van der Waals surface area contributed by atoms with E-state index < -0.39 is 12.0 Å². The summed E-state index contributed by atoms with van der Waals surface area (Å²) in [5.74, 6) is -0.838. The largest absolute Gasteiger partial charge is 0.480 e. The van der Waals surface area contributed by atoms with Gasteiger partial charge in [0, 0.05) is 11.6 Å². The van der Waals surface area contributed by atoms with Crippen molar-refractivity contribution in [2.45, 2.75) is 25.8 Å². The second-order valence-electron chi connectivity index (χ2n) is 2.58. The van der Waals surface area contributed by atoms with Crippen molar-refractivity contribution >= 4 is 17.6 Å². The molecule has 3 nitrogen and oxygen atoms in total. The minimum atomic E-state index is -0.838. The Hall–Kier alpha value is -0.540. The topological polar surface area (TPSA) is 49.3 Å². The second-order valence-corrected chi connectivity index (χ2v) is 3.11. The first-order valence-electron chi connectivity index (χ1n) is 3.87.